The van der Waals surface area contributed by atoms with Crippen molar-refractivity contribution in [2.75, 3.05) is 14.2 Å². The Morgan fingerprint density at radius 1 is 1.17 bits per heavy atom. The molecule has 1 amide bonds. The zero-order chi connectivity index (χ0) is 20.6. The second-order valence-corrected chi connectivity index (χ2v) is 8.19. The molecule has 2 aromatic rings. The van der Waals surface area contributed by atoms with Crippen LogP contribution in [-0.4, -0.2) is 36.5 Å². The standard InChI is InChI=1S/C24H27N3O2/c1-24(15-22(28)27(2)23(25)26-24)21-14-20(21)18-8-4-6-16(12-18)10-11-17-7-5-9-19(13-17)29-3/h4-13,20-21H,14-15H2,1-3H3,(H2,25,26)/b11-10+/t20-,21+,24-/m0/s1. The van der Waals surface area contributed by atoms with Crippen LogP contribution in [0.15, 0.2) is 53.5 Å². The minimum Gasteiger partial charge on any atom is -0.497 e. The molecule has 1 saturated carbocycles. The van der Waals surface area contributed by atoms with Gasteiger partial charge in [0.15, 0.2) is 5.96 Å². The summed E-state index contributed by atoms with van der Waals surface area (Å²) in [5.41, 5.74) is 9.11. The molecule has 0 saturated heterocycles. The molecular weight excluding hydrogens is 362 g/mol. The normalized spacial score (nSPS) is 26.5. The van der Waals surface area contributed by atoms with Gasteiger partial charge in [0, 0.05) is 7.05 Å². The van der Waals surface area contributed by atoms with Gasteiger partial charge in [-0.3, -0.25) is 9.69 Å². The fraction of sp³-hybridized carbons (Fsp3) is 0.333. The number of carbonyl (C=O) groups excluding carboxylic acids is 1. The molecule has 2 N–H and O–H groups in total. The molecule has 0 unspecified atom stereocenters. The minimum absolute atomic E-state index is 0.0422. The van der Waals surface area contributed by atoms with Crippen molar-refractivity contribution >= 4 is 24.0 Å². The largest absolute Gasteiger partial charge is 0.497 e. The number of amides is 1. The number of hydrogen-bond acceptors (Lipinski definition) is 4. The van der Waals surface area contributed by atoms with E-state index in [4.69, 9.17) is 10.5 Å². The summed E-state index contributed by atoms with van der Waals surface area (Å²) >= 11 is 0. The van der Waals surface area contributed by atoms with Crippen LogP contribution in [0.4, 0.5) is 0 Å². The average Bonchev–Trinajstić information content (AvgIpc) is 3.53. The Labute approximate surface area is 171 Å². The maximum atomic E-state index is 12.3. The molecule has 2 aliphatic rings. The number of nitrogens with two attached hydrogens (primary N) is 1. The fourth-order valence-electron chi connectivity index (χ4n) is 4.22. The third-order valence-corrected chi connectivity index (χ3v) is 6.09. The van der Waals surface area contributed by atoms with E-state index >= 15 is 0 Å². The highest BCUT2D eigenvalue weighted by atomic mass is 16.5. The smallest absolute Gasteiger partial charge is 0.231 e. The maximum Gasteiger partial charge on any atom is 0.231 e. The van der Waals surface area contributed by atoms with Crippen molar-refractivity contribution < 1.29 is 9.53 Å². The van der Waals surface area contributed by atoms with E-state index in [2.05, 4.69) is 54.4 Å². The van der Waals surface area contributed by atoms with Gasteiger partial charge in [-0.05, 0) is 54.0 Å². The first-order valence-electron chi connectivity index (χ1n) is 9.93. The van der Waals surface area contributed by atoms with Gasteiger partial charge in [-0.1, -0.05) is 48.6 Å². The lowest BCUT2D eigenvalue weighted by Gasteiger charge is -2.33. The highest BCUT2D eigenvalue weighted by molar-refractivity contribution is 5.98. The lowest BCUT2D eigenvalue weighted by molar-refractivity contribution is -0.128. The van der Waals surface area contributed by atoms with Gasteiger partial charge < -0.3 is 10.5 Å². The van der Waals surface area contributed by atoms with E-state index in [1.54, 1.807) is 14.2 Å². The van der Waals surface area contributed by atoms with Crippen LogP contribution < -0.4 is 10.5 Å². The van der Waals surface area contributed by atoms with Crippen LogP contribution in [0, 0.1) is 5.92 Å². The van der Waals surface area contributed by atoms with Crippen molar-refractivity contribution in [3.63, 3.8) is 0 Å². The van der Waals surface area contributed by atoms with Crippen LogP contribution in [0.5, 0.6) is 5.75 Å². The monoisotopic (exact) mass is 389 g/mol. The molecule has 0 aromatic heterocycles. The molecule has 0 radical (unpaired) electrons. The summed E-state index contributed by atoms with van der Waals surface area (Å²) in [4.78, 5) is 18.4. The molecule has 1 fully saturated rings. The Bertz CT molecular complexity index is 997. The van der Waals surface area contributed by atoms with Crippen LogP contribution in [0.2, 0.25) is 0 Å². The molecule has 1 aliphatic heterocycles. The summed E-state index contributed by atoms with van der Waals surface area (Å²) in [5.74, 6) is 1.97. The first kappa shape index (κ1) is 19.2. The van der Waals surface area contributed by atoms with Crippen molar-refractivity contribution in [2.45, 2.75) is 31.2 Å². The van der Waals surface area contributed by atoms with E-state index < -0.39 is 5.54 Å². The van der Waals surface area contributed by atoms with Crippen LogP contribution in [0.25, 0.3) is 12.2 Å². The number of methoxy groups -OCH3 is 1. The molecule has 4 rings (SSSR count). The Morgan fingerprint density at radius 3 is 2.55 bits per heavy atom. The second kappa shape index (κ2) is 7.39. The van der Waals surface area contributed by atoms with Gasteiger partial charge >= 0.3 is 0 Å². The zero-order valence-corrected chi connectivity index (χ0v) is 17.1. The molecule has 0 spiro atoms. The van der Waals surface area contributed by atoms with Crippen molar-refractivity contribution in [3.8, 4) is 5.75 Å². The number of rotatable bonds is 5. The third kappa shape index (κ3) is 3.90. The summed E-state index contributed by atoms with van der Waals surface area (Å²) in [6.07, 6.45) is 5.66. The first-order valence-corrected chi connectivity index (χ1v) is 9.93. The summed E-state index contributed by atoms with van der Waals surface area (Å²) in [7, 11) is 3.36. The molecule has 2 aromatic carbocycles. The number of benzene rings is 2. The van der Waals surface area contributed by atoms with Gasteiger partial charge in [-0.2, -0.15) is 0 Å². The molecular formula is C24H27N3O2. The van der Waals surface area contributed by atoms with Crippen molar-refractivity contribution in [2.24, 2.45) is 16.6 Å². The fourth-order valence-corrected chi connectivity index (χ4v) is 4.22. The summed E-state index contributed by atoms with van der Waals surface area (Å²) in [6.45, 7) is 2.06. The number of hydrogen-bond donors (Lipinski definition) is 1. The van der Waals surface area contributed by atoms with E-state index in [1.165, 1.54) is 10.5 Å². The number of aliphatic imine (C=N–C) groups is 1. The van der Waals surface area contributed by atoms with Gasteiger partial charge in [0.05, 0.1) is 19.1 Å². The number of carbonyl (C=O) groups is 1. The molecule has 1 aliphatic carbocycles. The van der Waals surface area contributed by atoms with Gasteiger partial charge in [-0.25, -0.2) is 4.99 Å². The third-order valence-electron chi connectivity index (χ3n) is 6.09. The van der Waals surface area contributed by atoms with E-state index in [0.29, 0.717) is 24.2 Å². The highest BCUT2D eigenvalue weighted by Gasteiger charge is 2.53. The van der Waals surface area contributed by atoms with Gasteiger partial charge in [0.1, 0.15) is 5.75 Å². The van der Waals surface area contributed by atoms with E-state index in [0.717, 1.165) is 23.3 Å². The maximum absolute atomic E-state index is 12.3. The summed E-state index contributed by atoms with van der Waals surface area (Å²) < 4.78 is 5.29. The van der Waals surface area contributed by atoms with Gasteiger partial charge in [0.2, 0.25) is 5.91 Å². The predicted octanol–water partition coefficient (Wildman–Crippen LogP) is 3.90. The first-order chi connectivity index (χ1) is 13.9. The van der Waals surface area contributed by atoms with Crippen molar-refractivity contribution in [1.29, 1.82) is 0 Å². The van der Waals surface area contributed by atoms with Crippen LogP contribution in [0.3, 0.4) is 0 Å². The van der Waals surface area contributed by atoms with Gasteiger partial charge in [0.25, 0.3) is 0 Å². The summed E-state index contributed by atoms with van der Waals surface area (Å²) in [5, 5.41) is 0. The Hall–Kier alpha value is -3.08. The molecule has 3 atom stereocenters. The highest BCUT2D eigenvalue weighted by Crippen LogP contribution is 2.56. The number of ether oxygens (including phenoxy) is 1. The molecule has 1 heterocycles. The second-order valence-electron chi connectivity index (χ2n) is 8.19. The van der Waals surface area contributed by atoms with Crippen LogP contribution in [-0.2, 0) is 4.79 Å². The SMILES string of the molecule is COc1cccc(/C=C/c2cccc([C@@H]3C[C@H]3[C@]3(C)CC(=O)N(C)C(N)=N3)c2)c1. The van der Waals surface area contributed by atoms with Gasteiger partial charge in [-0.15, -0.1) is 0 Å². The van der Waals surface area contributed by atoms with E-state index in [-0.39, 0.29) is 5.91 Å². The van der Waals surface area contributed by atoms with Crippen LogP contribution in [0.1, 0.15) is 42.4 Å². The summed E-state index contributed by atoms with van der Waals surface area (Å²) in [6, 6.07) is 16.6. The van der Waals surface area contributed by atoms with E-state index in [1.807, 2.05) is 18.2 Å². The van der Waals surface area contributed by atoms with Crippen LogP contribution >= 0.6 is 0 Å². The Morgan fingerprint density at radius 2 is 1.86 bits per heavy atom. The zero-order valence-electron chi connectivity index (χ0n) is 17.1. The van der Waals surface area contributed by atoms with Crippen molar-refractivity contribution in [1.82, 2.24) is 4.90 Å². The van der Waals surface area contributed by atoms with Crippen molar-refractivity contribution in [3.05, 3.63) is 65.2 Å². The minimum atomic E-state index is -0.412. The lowest BCUT2D eigenvalue weighted by Crippen LogP contribution is -2.49. The molecule has 29 heavy (non-hydrogen) atoms. The topological polar surface area (TPSA) is 67.9 Å². The van der Waals surface area contributed by atoms with E-state index in [9.17, 15) is 4.79 Å². The lowest BCUT2D eigenvalue weighted by atomic mass is 9.88. The number of nitrogens with zero attached hydrogens (tertiary/aromatic N) is 2. The predicted molar refractivity (Wildman–Crippen MR) is 117 cm³/mol. The number of guanidine groups is 1. The Kier molecular flexibility index (Phi) is 4.91. The molecule has 5 heteroatoms. The molecule has 0 bridgehead atoms. The molecule has 150 valence electrons. The average molecular weight is 389 g/mol. The molecule has 5 nitrogen and oxygen atoms in total. The quantitative estimate of drug-likeness (QED) is 0.789. The Balaban J connectivity index is 1.50.